The summed E-state index contributed by atoms with van der Waals surface area (Å²) in [5.74, 6) is 0.128. The van der Waals surface area contributed by atoms with Gasteiger partial charge in [-0.25, -0.2) is 0 Å². The van der Waals surface area contributed by atoms with E-state index in [9.17, 15) is 4.79 Å². The number of carbonyl (C=O) groups excluding carboxylic acids is 1. The van der Waals surface area contributed by atoms with Gasteiger partial charge in [-0.2, -0.15) is 0 Å². The normalized spacial score (nSPS) is 20.4. The fraction of sp³-hybridized carbons (Fsp3) is 0.450. The molecule has 1 fully saturated rings. The number of anilines is 2. The zero-order valence-corrected chi connectivity index (χ0v) is 15.8. The van der Waals surface area contributed by atoms with E-state index >= 15 is 0 Å². The number of likely N-dealkylation sites (tertiary alicyclic amines) is 1. The Hall–Kier alpha value is -1.89. The molecule has 2 N–H and O–H groups in total. The summed E-state index contributed by atoms with van der Waals surface area (Å²) in [6.45, 7) is 4.60. The molecule has 0 spiro atoms. The fourth-order valence-corrected chi connectivity index (χ4v) is 4.59. The van der Waals surface area contributed by atoms with E-state index in [1.54, 1.807) is 0 Å². The Morgan fingerprint density at radius 2 is 1.73 bits per heavy atom. The van der Waals surface area contributed by atoms with Gasteiger partial charge in [0.1, 0.15) is 0 Å². The standard InChI is InChI=1S/C20H26N4OS/c21-20-23(13-12-22-10-4-1-5-11-22)16-7-2-3-8-17(16)24(20)15-18(25)19-9-6-14-26-19/h2-3,6-9,14,20H,1,4-5,10-13,15,21H2. The van der Waals surface area contributed by atoms with Gasteiger partial charge < -0.3 is 14.7 Å². The molecule has 1 aromatic carbocycles. The fourth-order valence-electron chi connectivity index (χ4n) is 3.94. The first-order valence-corrected chi connectivity index (χ1v) is 10.3. The van der Waals surface area contributed by atoms with Gasteiger partial charge in [-0.05, 0) is 49.5 Å². The van der Waals surface area contributed by atoms with Crippen molar-refractivity contribution in [1.82, 2.24) is 4.90 Å². The minimum atomic E-state index is -0.291. The van der Waals surface area contributed by atoms with E-state index in [4.69, 9.17) is 5.73 Å². The summed E-state index contributed by atoms with van der Waals surface area (Å²) >= 11 is 1.49. The van der Waals surface area contributed by atoms with Gasteiger partial charge in [0.2, 0.25) is 0 Å². The average molecular weight is 371 g/mol. The van der Waals surface area contributed by atoms with Crippen LogP contribution in [-0.4, -0.2) is 49.7 Å². The third-order valence-electron chi connectivity index (χ3n) is 5.36. The van der Waals surface area contributed by atoms with Gasteiger partial charge in [-0.3, -0.25) is 10.5 Å². The van der Waals surface area contributed by atoms with Gasteiger partial charge >= 0.3 is 0 Å². The lowest BCUT2D eigenvalue weighted by molar-refractivity contribution is 0.100. The van der Waals surface area contributed by atoms with Crippen LogP contribution >= 0.6 is 11.3 Å². The van der Waals surface area contributed by atoms with Crippen LogP contribution in [0.25, 0.3) is 0 Å². The summed E-state index contributed by atoms with van der Waals surface area (Å²) in [5.41, 5.74) is 8.77. The molecule has 0 aliphatic carbocycles. The predicted molar refractivity (Wildman–Crippen MR) is 108 cm³/mol. The highest BCUT2D eigenvalue weighted by molar-refractivity contribution is 7.12. The van der Waals surface area contributed by atoms with Crippen molar-refractivity contribution in [2.75, 3.05) is 42.5 Å². The van der Waals surface area contributed by atoms with Gasteiger partial charge in [-0.15, -0.1) is 11.3 Å². The molecule has 1 saturated heterocycles. The molecular weight excluding hydrogens is 344 g/mol. The summed E-state index contributed by atoms with van der Waals surface area (Å²) < 4.78 is 0. The molecule has 0 radical (unpaired) electrons. The Morgan fingerprint density at radius 3 is 2.42 bits per heavy atom. The number of hydrogen-bond donors (Lipinski definition) is 1. The lowest BCUT2D eigenvalue weighted by Gasteiger charge is -2.32. The average Bonchev–Trinajstić information content (AvgIpc) is 3.29. The molecule has 1 atom stereocenters. The molecule has 2 aliphatic heterocycles. The van der Waals surface area contributed by atoms with Gasteiger partial charge in [-0.1, -0.05) is 24.6 Å². The maximum atomic E-state index is 12.6. The molecule has 1 aromatic heterocycles. The van der Waals surface area contributed by atoms with Crippen LogP contribution < -0.4 is 15.5 Å². The molecule has 0 saturated carbocycles. The summed E-state index contributed by atoms with van der Waals surface area (Å²) in [6, 6.07) is 12.0. The molecule has 6 heteroatoms. The van der Waals surface area contributed by atoms with Crippen molar-refractivity contribution in [1.29, 1.82) is 0 Å². The highest BCUT2D eigenvalue weighted by atomic mass is 32.1. The summed E-state index contributed by atoms with van der Waals surface area (Å²) in [5, 5.41) is 1.94. The van der Waals surface area contributed by atoms with E-state index in [1.165, 1.54) is 43.7 Å². The second-order valence-corrected chi connectivity index (χ2v) is 7.97. The Balaban J connectivity index is 1.48. The largest absolute Gasteiger partial charge is 0.336 e. The van der Waals surface area contributed by atoms with Gasteiger partial charge in [0.05, 0.1) is 22.8 Å². The number of ketones is 1. The number of para-hydroxylation sites is 2. The SMILES string of the molecule is NC1N(CCN2CCCCC2)c2ccccc2N1CC(=O)c1cccs1. The number of thiophene rings is 1. The molecule has 3 heterocycles. The zero-order chi connectivity index (χ0) is 17.9. The predicted octanol–water partition coefficient (Wildman–Crippen LogP) is 2.99. The molecule has 138 valence electrons. The smallest absolute Gasteiger partial charge is 0.192 e. The number of nitrogens with two attached hydrogens (primary N) is 1. The van der Waals surface area contributed by atoms with Crippen LogP contribution in [0.15, 0.2) is 41.8 Å². The first kappa shape index (κ1) is 17.5. The third kappa shape index (κ3) is 3.49. The lowest BCUT2D eigenvalue weighted by Crippen LogP contribution is -2.53. The quantitative estimate of drug-likeness (QED) is 0.792. The van der Waals surface area contributed by atoms with E-state index in [2.05, 4.69) is 21.9 Å². The van der Waals surface area contributed by atoms with Crippen molar-refractivity contribution < 1.29 is 4.79 Å². The minimum Gasteiger partial charge on any atom is -0.336 e. The number of benzene rings is 1. The number of rotatable bonds is 6. The van der Waals surface area contributed by atoms with E-state index in [0.29, 0.717) is 6.54 Å². The Labute approximate surface area is 159 Å². The lowest BCUT2D eigenvalue weighted by atomic mass is 10.1. The minimum absolute atomic E-state index is 0.128. The number of piperidine rings is 1. The maximum Gasteiger partial charge on any atom is 0.192 e. The summed E-state index contributed by atoms with van der Waals surface area (Å²) in [4.78, 5) is 20.2. The van der Waals surface area contributed by atoms with Crippen molar-refractivity contribution >= 4 is 28.5 Å². The van der Waals surface area contributed by atoms with Crippen LogP contribution in [0.4, 0.5) is 11.4 Å². The molecule has 2 aromatic rings. The molecule has 1 unspecified atom stereocenters. The van der Waals surface area contributed by atoms with Gasteiger partial charge in [0.15, 0.2) is 12.1 Å². The molecule has 2 aliphatic rings. The third-order valence-corrected chi connectivity index (χ3v) is 6.27. The monoisotopic (exact) mass is 370 g/mol. The van der Waals surface area contributed by atoms with Gasteiger partial charge in [0, 0.05) is 13.1 Å². The van der Waals surface area contributed by atoms with E-state index in [0.717, 1.165) is 29.3 Å². The molecule has 0 bridgehead atoms. The number of carbonyl (C=O) groups is 1. The van der Waals surface area contributed by atoms with Crippen molar-refractivity contribution in [2.24, 2.45) is 5.73 Å². The summed E-state index contributed by atoms with van der Waals surface area (Å²) in [6.07, 6.45) is 3.65. The first-order valence-electron chi connectivity index (χ1n) is 9.41. The molecule has 26 heavy (non-hydrogen) atoms. The van der Waals surface area contributed by atoms with E-state index < -0.39 is 0 Å². The number of hydrogen-bond acceptors (Lipinski definition) is 6. The van der Waals surface area contributed by atoms with Crippen LogP contribution in [0.3, 0.4) is 0 Å². The first-order chi connectivity index (χ1) is 12.7. The number of nitrogens with zero attached hydrogens (tertiary/aromatic N) is 3. The topological polar surface area (TPSA) is 52.8 Å². The van der Waals surface area contributed by atoms with Crippen LogP contribution in [-0.2, 0) is 0 Å². The Morgan fingerprint density at radius 1 is 1.00 bits per heavy atom. The summed E-state index contributed by atoms with van der Waals surface area (Å²) in [7, 11) is 0. The highest BCUT2D eigenvalue weighted by Crippen LogP contribution is 2.37. The second-order valence-electron chi connectivity index (χ2n) is 7.03. The van der Waals surface area contributed by atoms with Crippen LogP contribution in [0, 0.1) is 0 Å². The molecule has 5 nitrogen and oxygen atoms in total. The highest BCUT2D eigenvalue weighted by Gasteiger charge is 2.34. The van der Waals surface area contributed by atoms with Crippen LogP contribution in [0.5, 0.6) is 0 Å². The van der Waals surface area contributed by atoms with E-state index in [1.807, 2.05) is 34.5 Å². The second kappa shape index (κ2) is 7.78. The Bertz CT molecular complexity index is 742. The maximum absolute atomic E-state index is 12.6. The van der Waals surface area contributed by atoms with Crippen molar-refractivity contribution in [3.8, 4) is 0 Å². The van der Waals surface area contributed by atoms with E-state index in [-0.39, 0.29) is 12.1 Å². The number of Topliss-reactive ketones (excluding diaryl/α,β-unsaturated/α-hetero) is 1. The van der Waals surface area contributed by atoms with Crippen LogP contribution in [0.1, 0.15) is 28.9 Å². The molecule has 4 rings (SSSR count). The molecule has 0 amide bonds. The van der Waals surface area contributed by atoms with Gasteiger partial charge in [0.25, 0.3) is 0 Å². The zero-order valence-electron chi connectivity index (χ0n) is 15.0. The van der Waals surface area contributed by atoms with Crippen molar-refractivity contribution in [2.45, 2.75) is 25.6 Å². The van der Waals surface area contributed by atoms with Crippen molar-refractivity contribution in [3.63, 3.8) is 0 Å². The number of fused-ring (bicyclic) bond motifs is 1. The van der Waals surface area contributed by atoms with Crippen LogP contribution in [0.2, 0.25) is 0 Å². The molecular formula is C20H26N4OS. The van der Waals surface area contributed by atoms with Crippen molar-refractivity contribution in [3.05, 3.63) is 46.7 Å². The Kier molecular flexibility index (Phi) is 5.24.